The molecule has 0 fully saturated rings. The molecule has 0 aromatic rings. The van der Waals surface area contributed by atoms with Gasteiger partial charge in [-0.3, -0.25) is 16.8 Å². The van der Waals surface area contributed by atoms with Crippen molar-refractivity contribution in [3.05, 3.63) is 0 Å². The summed E-state index contributed by atoms with van der Waals surface area (Å²) in [5, 5.41) is 0. The standard InChI is InChI=1S/K.3Na.2H2O4S/c;;;;2*1-5(2,3)4/h;;;;2*(H2,1,2,3,4)/q4*+1;;/p-4. The summed E-state index contributed by atoms with van der Waals surface area (Å²) in [6, 6.07) is 0. The fraction of sp³-hybridized carbons (Fsp3) is 0. The molecule has 0 aliphatic carbocycles. The van der Waals surface area contributed by atoms with E-state index in [1.807, 2.05) is 0 Å². The first-order valence-electron chi connectivity index (χ1n) is 1.33. The van der Waals surface area contributed by atoms with E-state index in [9.17, 15) is 0 Å². The van der Waals surface area contributed by atoms with Crippen LogP contribution >= 0.6 is 0 Å². The zero-order valence-corrected chi connectivity index (χ0v) is 18.8. The molecule has 0 spiro atoms. The molecular formula is KNa3O8S2. The van der Waals surface area contributed by atoms with Gasteiger partial charge < -0.3 is 18.2 Å². The van der Waals surface area contributed by atoms with E-state index in [0.717, 1.165) is 0 Å². The summed E-state index contributed by atoms with van der Waals surface area (Å²) in [7, 11) is -10.3. The van der Waals surface area contributed by atoms with Crippen LogP contribution in [0.15, 0.2) is 0 Å². The van der Waals surface area contributed by atoms with Gasteiger partial charge in [-0.05, 0) is 0 Å². The van der Waals surface area contributed by atoms with Gasteiger partial charge in [0.05, 0.1) is 0 Å². The summed E-state index contributed by atoms with van der Waals surface area (Å²) < 4.78 is 68.2. The molecule has 0 amide bonds. The minimum absolute atomic E-state index is 0. The van der Waals surface area contributed by atoms with E-state index in [4.69, 9.17) is 35.0 Å². The summed E-state index contributed by atoms with van der Waals surface area (Å²) in [6.45, 7) is 0. The van der Waals surface area contributed by atoms with E-state index in [1.54, 1.807) is 0 Å². The fourth-order valence-electron chi connectivity index (χ4n) is 0. The van der Waals surface area contributed by atoms with E-state index in [-0.39, 0.29) is 140 Å². The normalized spacial score (nSPS) is 8.29. The molecule has 0 rings (SSSR count). The third kappa shape index (κ3) is 202. The molecule has 0 N–H and O–H groups in total. The van der Waals surface area contributed by atoms with Gasteiger partial charge >= 0.3 is 140 Å². The van der Waals surface area contributed by atoms with Crippen molar-refractivity contribution in [1.82, 2.24) is 0 Å². The largest absolute Gasteiger partial charge is 1.00 e. The molecule has 14 heavy (non-hydrogen) atoms. The van der Waals surface area contributed by atoms with Gasteiger partial charge in [-0.1, -0.05) is 0 Å². The van der Waals surface area contributed by atoms with E-state index >= 15 is 0 Å². The Kier molecular flexibility index (Phi) is 45.0. The SMILES string of the molecule is O=S(=O)([O-])[O-].O=S(=O)([O-])[O-].[K+].[Na+].[Na+].[Na+]. The molecule has 0 unspecified atom stereocenters. The average Bonchev–Trinajstić information content (AvgIpc) is 1.12. The van der Waals surface area contributed by atoms with E-state index in [0.29, 0.717) is 0 Å². The average molecular weight is 300 g/mol. The predicted molar refractivity (Wildman–Crippen MR) is 20.9 cm³/mol. The smallest absolute Gasteiger partial charge is 0.759 e. The van der Waals surface area contributed by atoms with Crippen molar-refractivity contribution in [2.75, 3.05) is 0 Å². The van der Waals surface area contributed by atoms with Gasteiger partial charge in [0.25, 0.3) is 0 Å². The van der Waals surface area contributed by atoms with Crippen LogP contribution in [0.5, 0.6) is 0 Å². The Bertz CT molecular complexity index is 219. The van der Waals surface area contributed by atoms with Crippen LogP contribution in [0, 0.1) is 0 Å². The van der Waals surface area contributed by atoms with Gasteiger partial charge in [0, 0.05) is 20.8 Å². The second-order valence-electron chi connectivity index (χ2n) is 0.816. The van der Waals surface area contributed by atoms with E-state index in [2.05, 4.69) is 0 Å². The molecule has 64 valence electrons. The summed E-state index contributed by atoms with van der Waals surface area (Å²) >= 11 is 0. The van der Waals surface area contributed by atoms with Crippen LogP contribution in [-0.4, -0.2) is 35.0 Å². The van der Waals surface area contributed by atoms with Gasteiger partial charge in [0.15, 0.2) is 0 Å². The maximum absolute atomic E-state index is 8.52. The minimum Gasteiger partial charge on any atom is -0.759 e. The molecule has 0 atom stereocenters. The van der Waals surface area contributed by atoms with Crippen molar-refractivity contribution in [1.29, 1.82) is 0 Å². The van der Waals surface area contributed by atoms with Crippen molar-refractivity contribution < 1.29 is 175 Å². The Morgan fingerprint density at radius 1 is 0.571 bits per heavy atom. The number of hydrogen-bond acceptors (Lipinski definition) is 8. The Morgan fingerprint density at radius 2 is 0.571 bits per heavy atom. The molecule has 0 aromatic carbocycles. The van der Waals surface area contributed by atoms with Crippen molar-refractivity contribution in [3.8, 4) is 0 Å². The molecular weight excluding hydrogens is 300 g/mol. The van der Waals surface area contributed by atoms with Crippen LogP contribution < -0.4 is 140 Å². The Hall–Kier alpha value is 4.38. The first-order chi connectivity index (χ1) is 4.00. The fourth-order valence-corrected chi connectivity index (χ4v) is 0. The molecule has 0 aliphatic heterocycles. The monoisotopic (exact) mass is 300 g/mol. The first-order valence-corrected chi connectivity index (χ1v) is 4.00. The topological polar surface area (TPSA) is 161 Å². The van der Waals surface area contributed by atoms with Crippen LogP contribution in [0.25, 0.3) is 0 Å². The zero-order valence-electron chi connectivity index (χ0n) is 8.08. The van der Waals surface area contributed by atoms with Gasteiger partial charge in [-0.25, -0.2) is 0 Å². The molecule has 0 saturated heterocycles. The second-order valence-corrected chi connectivity index (χ2v) is 2.45. The Morgan fingerprint density at radius 3 is 0.571 bits per heavy atom. The van der Waals surface area contributed by atoms with Crippen molar-refractivity contribution in [2.24, 2.45) is 0 Å². The van der Waals surface area contributed by atoms with Crippen molar-refractivity contribution >= 4 is 20.8 Å². The minimum atomic E-state index is -5.17. The molecule has 0 heterocycles. The summed E-state index contributed by atoms with van der Waals surface area (Å²) in [4.78, 5) is 0. The molecule has 14 heteroatoms. The molecule has 0 aromatic heterocycles. The maximum Gasteiger partial charge on any atom is 1.00 e. The Balaban J connectivity index is -0.0000000178. The summed E-state index contributed by atoms with van der Waals surface area (Å²) in [6.07, 6.45) is 0. The van der Waals surface area contributed by atoms with Crippen LogP contribution in [0.2, 0.25) is 0 Å². The van der Waals surface area contributed by atoms with E-state index in [1.165, 1.54) is 0 Å². The second kappa shape index (κ2) is 17.4. The number of rotatable bonds is 0. The maximum atomic E-state index is 8.52. The van der Waals surface area contributed by atoms with Crippen molar-refractivity contribution in [2.45, 2.75) is 0 Å². The first kappa shape index (κ1) is 36.2. The molecule has 0 radical (unpaired) electrons. The van der Waals surface area contributed by atoms with Crippen molar-refractivity contribution in [3.63, 3.8) is 0 Å². The molecule has 0 bridgehead atoms. The van der Waals surface area contributed by atoms with Crippen LogP contribution in [0.1, 0.15) is 0 Å². The third-order valence-electron chi connectivity index (χ3n) is 0. The van der Waals surface area contributed by atoms with Gasteiger partial charge in [-0.15, -0.1) is 0 Å². The van der Waals surface area contributed by atoms with E-state index < -0.39 is 20.8 Å². The number of hydrogen-bond donors (Lipinski definition) is 0. The molecule has 0 aliphatic rings. The van der Waals surface area contributed by atoms with Gasteiger partial charge in [0.2, 0.25) is 0 Å². The zero-order chi connectivity index (χ0) is 9.00. The quantitative estimate of drug-likeness (QED) is 0.242. The van der Waals surface area contributed by atoms with Crippen LogP contribution in [-0.2, 0) is 20.8 Å². The third-order valence-corrected chi connectivity index (χ3v) is 0. The summed E-state index contributed by atoms with van der Waals surface area (Å²) in [5.41, 5.74) is 0. The van der Waals surface area contributed by atoms with Gasteiger partial charge in [0.1, 0.15) is 0 Å². The Labute approximate surface area is 191 Å². The molecule has 0 saturated carbocycles. The molecule has 8 nitrogen and oxygen atoms in total. The van der Waals surface area contributed by atoms with Gasteiger partial charge in [-0.2, -0.15) is 0 Å². The van der Waals surface area contributed by atoms with Crippen LogP contribution in [0.3, 0.4) is 0 Å². The predicted octanol–water partition coefficient (Wildman–Crippen LogP) is -14.7. The summed E-state index contributed by atoms with van der Waals surface area (Å²) in [5.74, 6) is 0. The van der Waals surface area contributed by atoms with Crippen LogP contribution in [0.4, 0.5) is 0 Å².